The smallest absolute Gasteiger partial charge is 0.256 e. The molecule has 0 bridgehead atoms. The second kappa shape index (κ2) is 9.53. The van der Waals surface area contributed by atoms with Crippen LogP contribution in [0.1, 0.15) is 27.4 Å². The van der Waals surface area contributed by atoms with E-state index in [2.05, 4.69) is 10.5 Å². The van der Waals surface area contributed by atoms with E-state index < -0.39 is 0 Å². The molecule has 0 radical (unpaired) electrons. The Morgan fingerprint density at radius 2 is 1.65 bits per heavy atom. The number of carbonyl (C=O) groups is 1. The van der Waals surface area contributed by atoms with Gasteiger partial charge in [-0.15, -0.1) is 11.8 Å². The van der Waals surface area contributed by atoms with Crippen LogP contribution >= 0.6 is 11.8 Å². The minimum atomic E-state index is -0.161. The summed E-state index contributed by atoms with van der Waals surface area (Å²) >= 11 is 1.55. The minimum absolute atomic E-state index is 0.161. The van der Waals surface area contributed by atoms with Crippen LogP contribution in [0.4, 0.5) is 5.69 Å². The van der Waals surface area contributed by atoms with Crippen molar-refractivity contribution in [2.24, 2.45) is 0 Å². The molecule has 0 saturated heterocycles. The monoisotopic (exact) mass is 430 g/mol. The topological polar surface area (TPSA) is 64.4 Å². The summed E-state index contributed by atoms with van der Waals surface area (Å²) in [7, 11) is 0. The molecule has 1 N–H and O–H groups in total. The molecule has 5 nitrogen and oxygen atoms in total. The van der Waals surface area contributed by atoms with Crippen LogP contribution < -0.4 is 10.1 Å². The second-order valence-electron chi connectivity index (χ2n) is 7.11. The number of benzene rings is 3. The summed E-state index contributed by atoms with van der Waals surface area (Å²) in [5.41, 5.74) is 3.35. The van der Waals surface area contributed by atoms with Gasteiger partial charge in [0.15, 0.2) is 0 Å². The summed E-state index contributed by atoms with van der Waals surface area (Å²) in [6.45, 7) is 3.90. The third-order valence-electron chi connectivity index (χ3n) is 4.55. The van der Waals surface area contributed by atoms with Crippen LogP contribution in [0.25, 0.3) is 0 Å². The lowest BCUT2D eigenvalue weighted by Gasteiger charge is -2.10. The van der Waals surface area contributed by atoms with Gasteiger partial charge in [-0.3, -0.25) is 4.79 Å². The van der Waals surface area contributed by atoms with Crippen molar-refractivity contribution in [3.05, 3.63) is 101 Å². The lowest BCUT2D eigenvalue weighted by molar-refractivity contribution is 0.102. The zero-order chi connectivity index (χ0) is 21.6. The summed E-state index contributed by atoms with van der Waals surface area (Å²) < 4.78 is 11.0. The summed E-state index contributed by atoms with van der Waals surface area (Å²) in [5, 5.41) is 6.96. The molecule has 0 aliphatic carbocycles. The fourth-order valence-corrected chi connectivity index (χ4v) is 3.90. The molecule has 1 aromatic heterocycles. The first-order valence-corrected chi connectivity index (χ1v) is 10.9. The zero-order valence-electron chi connectivity index (χ0n) is 17.3. The summed E-state index contributed by atoms with van der Waals surface area (Å²) in [4.78, 5) is 13.8. The average molecular weight is 431 g/mol. The van der Waals surface area contributed by atoms with Crippen molar-refractivity contribution in [1.29, 1.82) is 0 Å². The van der Waals surface area contributed by atoms with Crippen molar-refractivity contribution >= 4 is 23.4 Å². The summed E-state index contributed by atoms with van der Waals surface area (Å²) in [5.74, 6) is 2.73. The molecular weight excluding hydrogens is 408 g/mol. The number of anilines is 1. The van der Waals surface area contributed by atoms with E-state index in [4.69, 9.17) is 9.26 Å². The van der Waals surface area contributed by atoms with Crippen LogP contribution in [0, 0.1) is 13.8 Å². The summed E-state index contributed by atoms with van der Waals surface area (Å²) in [6.07, 6.45) is 0. The number of amides is 1. The zero-order valence-corrected chi connectivity index (χ0v) is 18.1. The SMILES string of the molecule is Cc1ccc(Oc2ccc(NC(=O)c3ccccc3SCc3cc(C)on3)cc2)cc1. The number of carbonyl (C=O) groups excluding carboxylic acids is 1. The van der Waals surface area contributed by atoms with Crippen molar-refractivity contribution in [1.82, 2.24) is 5.16 Å². The van der Waals surface area contributed by atoms with Crippen LogP contribution in [-0.2, 0) is 5.75 Å². The molecule has 3 aromatic carbocycles. The normalized spacial score (nSPS) is 10.6. The predicted molar refractivity (Wildman–Crippen MR) is 123 cm³/mol. The van der Waals surface area contributed by atoms with E-state index in [9.17, 15) is 4.79 Å². The number of thioether (sulfide) groups is 1. The van der Waals surface area contributed by atoms with Gasteiger partial charge in [0.1, 0.15) is 17.3 Å². The minimum Gasteiger partial charge on any atom is -0.457 e. The molecule has 1 heterocycles. The van der Waals surface area contributed by atoms with E-state index in [0.717, 1.165) is 22.1 Å². The van der Waals surface area contributed by atoms with Gasteiger partial charge in [0.25, 0.3) is 5.91 Å². The Kier molecular flexibility index (Phi) is 6.38. The number of nitrogens with one attached hydrogen (secondary N) is 1. The molecule has 0 aliphatic heterocycles. The van der Waals surface area contributed by atoms with E-state index >= 15 is 0 Å². The molecule has 4 rings (SSSR count). The third-order valence-corrected chi connectivity index (χ3v) is 5.66. The van der Waals surface area contributed by atoms with Crippen LogP contribution in [0.5, 0.6) is 11.5 Å². The Morgan fingerprint density at radius 1 is 0.968 bits per heavy atom. The fourth-order valence-electron chi connectivity index (χ4n) is 2.96. The van der Waals surface area contributed by atoms with Crippen molar-refractivity contribution in [3.8, 4) is 11.5 Å². The largest absolute Gasteiger partial charge is 0.457 e. The molecule has 0 atom stereocenters. The lowest BCUT2D eigenvalue weighted by atomic mass is 10.2. The second-order valence-corrected chi connectivity index (χ2v) is 8.12. The fraction of sp³-hybridized carbons (Fsp3) is 0.120. The van der Waals surface area contributed by atoms with Gasteiger partial charge in [-0.2, -0.15) is 0 Å². The average Bonchev–Trinajstić information content (AvgIpc) is 3.20. The van der Waals surface area contributed by atoms with E-state index in [1.54, 1.807) is 11.8 Å². The Balaban J connectivity index is 1.40. The van der Waals surface area contributed by atoms with Crippen LogP contribution in [-0.4, -0.2) is 11.1 Å². The first kappa shape index (κ1) is 20.8. The van der Waals surface area contributed by atoms with Crippen molar-refractivity contribution in [3.63, 3.8) is 0 Å². The Hall–Kier alpha value is -3.51. The van der Waals surface area contributed by atoms with Gasteiger partial charge < -0.3 is 14.6 Å². The number of rotatable bonds is 7. The quantitative estimate of drug-likeness (QED) is 0.333. The molecule has 1 amide bonds. The first-order chi connectivity index (χ1) is 15.1. The lowest BCUT2D eigenvalue weighted by Crippen LogP contribution is -2.12. The maximum absolute atomic E-state index is 12.9. The number of nitrogens with zero attached hydrogens (tertiary/aromatic N) is 1. The Bertz CT molecular complexity index is 1170. The summed E-state index contributed by atoms with van der Waals surface area (Å²) in [6, 6.07) is 24.6. The number of aromatic nitrogens is 1. The number of aryl methyl sites for hydroxylation is 2. The third kappa shape index (κ3) is 5.55. The van der Waals surface area contributed by atoms with Gasteiger partial charge >= 0.3 is 0 Å². The van der Waals surface area contributed by atoms with Crippen molar-refractivity contribution in [2.45, 2.75) is 24.5 Å². The van der Waals surface area contributed by atoms with Gasteiger partial charge in [0.2, 0.25) is 0 Å². The van der Waals surface area contributed by atoms with Gasteiger partial charge in [-0.25, -0.2) is 0 Å². The predicted octanol–water partition coefficient (Wildman–Crippen LogP) is 6.63. The number of hydrogen-bond acceptors (Lipinski definition) is 5. The highest BCUT2D eigenvalue weighted by atomic mass is 32.2. The van der Waals surface area contributed by atoms with Crippen LogP contribution in [0.15, 0.2) is 88.3 Å². The van der Waals surface area contributed by atoms with E-state index in [0.29, 0.717) is 22.8 Å². The van der Waals surface area contributed by atoms with Gasteiger partial charge in [0.05, 0.1) is 11.3 Å². The van der Waals surface area contributed by atoms with Gasteiger partial charge in [-0.05, 0) is 62.4 Å². The molecule has 156 valence electrons. The maximum Gasteiger partial charge on any atom is 0.256 e. The molecule has 0 saturated carbocycles. The molecule has 4 aromatic rings. The van der Waals surface area contributed by atoms with Crippen LogP contribution in [0.2, 0.25) is 0 Å². The standard InChI is InChI=1S/C25H22N2O3S/c1-17-7-11-21(12-8-17)29-22-13-9-19(10-14-22)26-25(28)23-5-3-4-6-24(23)31-16-20-15-18(2)30-27-20/h3-15H,16H2,1-2H3,(H,26,28). The Labute approximate surface area is 185 Å². The molecule has 0 fully saturated rings. The molecule has 31 heavy (non-hydrogen) atoms. The van der Waals surface area contributed by atoms with Crippen molar-refractivity contribution < 1.29 is 14.1 Å². The number of hydrogen-bond donors (Lipinski definition) is 1. The van der Waals surface area contributed by atoms with E-state index in [1.165, 1.54) is 5.56 Å². The van der Waals surface area contributed by atoms with Crippen molar-refractivity contribution in [2.75, 3.05) is 5.32 Å². The maximum atomic E-state index is 12.9. The molecule has 0 aliphatic rings. The highest BCUT2D eigenvalue weighted by Gasteiger charge is 2.13. The molecule has 0 unspecified atom stereocenters. The molecular formula is C25H22N2O3S. The van der Waals surface area contributed by atoms with Gasteiger partial charge in [0, 0.05) is 22.4 Å². The Morgan fingerprint density at radius 3 is 2.32 bits per heavy atom. The van der Waals surface area contributed by atoms with E-state index in [1.807, 2.05) is 92.7 Å². The highest BCUT2D eigenvalue weighted by Crippen LogP contribution is 2.28. The van der Waals surface area contributed by atoms with E-state index in [-0.39, 0.29) is 5.91 Å². The van der Waals surface area contributed by atoms with Gasteiger partial charge in [-0.1, -0.05) is 35.0 Å². The highest BCUT2D eigenvalue weighted by molar-refractivity contribution is 7.98. The molecule has 6 heteroatoms. The van der Waals surface area contributed by atoms with Crippen LogP contribution in [0.3, 0.4) is 0 Å². The molecule has 0 spiro atoms. The number of ether oxygens (including phenoxy) is 1. The first-order valence-electron chi connectivity index (χ1n) is 9.87.